The number of para-hydroxylation sites is 2. The molecule has 2 heterocycles. The van der Waals surface area contributed by atoms with E-state index in [1.165, 1.54) is 21.0 Å². The topological polar surface area (TPSA) is 91.0 Å². The third-order valence-electron chi connectivity index (χ3n) is 4.85. The van der Waals surface area contributed by atoms with Crippen LogP contribution in [0.25, 0.3) is 11.1 Å². The first-order valence-electron chi connectivity index (χ1n) is 9.38. The first kappa shape index (κ1) is 19.5. The molecule has 1 aliphatic heterocycles. The number of oxazole rings is 1. The van der Waals surface area contributed by atoms with E-state index in [0.29, 0.717) is 30.0 Å². The highest BCUT2D eigenvalue weighted by Crippen LogP contribution is 2.31. The predicted molar refractivity (Wildman–Crippen MR) is 107 cm³/mol. The molecule has 1 atom stereocenters. The fraction of sp³-hybridized carbons (Fsp3) is 0.350. The van der Waals surface area contributed by atoms with Crippen LogP contribution >= 0.6 is 0 Å². The van der Waals surface area contributed by atoms with Gasteiger partial charge in [0.05, 0.1) is 17.0 Å². The van der Waals surface area contributed by atoms with Crippen molar-refractivity contribution >= 4 is 21.1 Å². The summed E-state index contributed by atoms with van der Waals surface area (Å²) in [6.45, 7) is 2.66. The summed E-state index contributed by atoms with van der Waals surface area (Å²) >= 11 is 0. The average Bonchev–Trinajstić information content (AvgIpc) is 3.01. The molecule has 0 spiro atoms. The number of aromatic nitrogens is 1. The van der Waals surface area contributed by atoms with Crippen LogP contribution < -0.4 is 15.2 Å². The first-order chi connectivity index (χ1) is 13.9. The Morgan fingerprint density at radius 2 is 1.93 bits per heavy atom. The Labute approximate surface area is 168 Å². The van der Waals surface area contributed by atoms with Crippen LogP contribution in [0.5, 0.6) is 11.5 Å². The maximum absolute atomic E-state index is 13.3. The molecule has 0 saturated heterocycles. The number of rotatable bonds is 6. The average molecular weight is 418 g/mol. The monoisotopic (exact) mass is 418 g/mol. The second-order valence-electron chi connectivity index (χ2n) is 6.92. The third kappa shape index (κ3) is 3.63. The molecule has 0 amide bonds. The van der Waals surface area contributed by atoms with E-state index in [0.717, 1.165) is 0 Å². The molecule has 29 heavy (non-hydrogen) atoms. The number of fused-ring (bicyclic) bond motifs is 2. The summed E-state index contributed by atoms with van der Waals surface area (Å²) in [6.07, 6.45) is 0.219. The molecule has 0 radical (unpaired) electrons. The number of hydrogen-bond donors (Lipinski definition) is 0. The summed E-state index contributed by atoms with van der Waals surface area (Å²) in [7, 11) is -2.24. The van der Waals surface area contributed by atoms with Crippen molar-refractivity contribution in [2.24, 2.45) is 7.05 Å². The minimum atomic E-state index is -3.81. The van der Waals surface area contributed by atoms with Gasteiger partial charge in [-0.3, -0.25) is 4.57 Å². The SMILES string of the molecule is CCCN(CC1COc2ccccc2O1)S(=O)(=O)c1ccc2c(c1)oc(=O)n2C. The minimum absolute atomic E-state index is 0.0740. The summed E-state index contributed by atoms with van der Waals surface area (Å²) in [5.74, 6) is 0.717. The van der Waals surface area contributed by atoms with Gasteiger partial charge in [-0.25, -0.2) is 13.2 Å². The molecule has 0 fully saturated rings. The Hall–Kier alpha value is -2.78. The van der Waals surface area contributed by atoms with E-state index in [-0.39, 0.29) is 23.6 Å². The van der Waals surface area contributed by atoms with Crippen LogP contribution in [0.2, 0.25) is 0 Å². The van der Waals surface area contributed by atoms with Crippen molar-refractivity contribution in [3.63, 3.8) is 0 Å². The van der Waals surface area contributed by atoms with Crippen LogP contribution in [0.4, 0.5) is 0 Å². The van der Waals surface area contributed by atoms with Gasteiger partial charge in [0.2, 0.25) is 10.0 Å². The molecule has 2 aromatic carbocycles. The van der Waals surface area contributed by atoms with Crippen molar-refractivity contribution in [1.29, 1.82) is 0 Å². The first-order valence-corrected chi connectivity index (χ1v) is 10.8. The maximum atomic E-state index is 13.3. The summed E-state index contributed by atoms with van der Waals surface area (Å²) in [5, 5.41) is 0. The van der Waals surface area contributed by atoms with Gasteiger partial charge >= 0.3 is 5.76 Å². The zero-order chi connectivity index (χ0) is 20.6. The van der Waals surface area contributed by atoms with Crippen LogP contribution in [0.1, 0.15) is 13.3 Å². The van der Waals surface area contributed by atoms with E-state index in [4.69, 9.17) is 13.9 Å². The number of sulfonamides is 1. The molecular formula is C20H22N2O6S. The second-order valence-corrected chi connectivity index (χ2v) is 8.86. The number of hydrogen-bond acceptors (Lipinski definition) is 6. The van der Waals surface area contributed by atoms with Crippen LogP contribution in [0.3, 0.4) is 0 Å². The van der Waals surface area contributed by atoms with Gasteiger partial charge in [-0.1, -0.05) is 19.1 Å². The molecule has 0 saturated carbocycles. The molecule has 1 aliphatic rings. The van der Waals surface area contributed by atoms with E-state index in [1.807, 2.05) is 25.1 Å². The zero-order valence-electron chi connectivity index (χ0n) is 16.2. The van der Waals surface area contributed by atoms with Crippen LogP contribution in [-0.2, 0) is 17.1 Å². The van der Waals surface area contributed by atoms with Gasteiger partial charge in [0.15, 0.2) is 17.1 Å². The molecule has 0 aliphatic carbocycles. The van der Waals surface area contributed by atoms with Gasteiger partial charge < -0.3 is 13.9 Å². The van der Waals surface area contributed by atoms with Crippen molar-refractivity contribution in [1.82, 2.24) is 8.87 Å². The molecule has 154 valence electrons. The predicted octanol–water partition coefficient (Wildman–Crippen LogP) is 2.37. The Kier molecular flexibility index (Phi) is 5.10. The van der Waals surface area contributed by atoms with Gasteiger partial charge in [0, 0.05) is 19.7 Å². The van der Waals surface area contributed by atoms with Crippen molar-refractivity contribution in [2.75, 3.05) is 19.7 Å². The summed E-state index contributed by atoms with van der Waals surface area (Å²) in [6, 6.07) is 11.8. The molecule has 3 aromatic rings. The van der Waals surface area contributed by atoms with E-state index in [1.54, 1.807) is 19.2 Å². The molecule has 1 unspecified atom stereocenters. The van der Waals surface area contributed by atoms with Crippen LogP contribution in [0.15, 0.2) is 56.6 Å². The Morgan fingerprint density at radius 3 is 2.69 bits per heavy atom. The number of benzene rings is 2. The number of ether oxygens (including phenoxy) is 2. The van der Waals surface area contributed by atoms with E-state index in [9.17, 15) is 13.2 Å². The number of nitrogens with zero attached hydrogens (tertiary/aromatic N) is 2. The Bertz CT molecular complexity index is 1200. The summed E-state index contributed by atoms with van der Waals surface area (Å²) < 4.78 is 46.1. The molecule has 8 nitrogen and oxygen atoms in total. The normalized spacial score (nSPS) is 16.4. The van der Waals surface area contributed by atoms with Crippen LogP contribution in [-0.4, -0.2) is 43.1 Å². The van der Waals surface area contributed by atoms with Gasteiger partial charge in [-0.15, -0.1) is 0 Å². The maximum Gasteiger partial charge on any atom is 0.419 e. The Morgan fingerprint density at radius 1 is 1.17 bits per heavy atom. The largest absolute Gasteiger partial charge is 0.486 e. The van der Waals surface area contributed by atoms with Gasteiger partial charge in [0.25, 0.3) is 0 Å². The van der Waals surface area contributed by atoms with E-state index < -0.39 is 21.9 Å². The molecule has 0 bridgehead atoms. The molecule has 4 rings (SSSR count). The highest BCUT2D eigenvalue weighted by atomic mass is 32.2. The van der Waals surface area contributed by atoms with Crippen LogP contribution in [0, 0.1) is 0 Å². The fourth-order valence-electron chi connectivity index (χ4n) is 3.36. The van der Waals surface area contributed by atoms with Gasteiger partial charge in [-0.2, -0.15) is 4.31 Å². The molecule has 1 aromatic heterocycles. The standard InChI is InChI=1S/C20H22N2O6S/c1-3-10-22(12-14-13-26-17-6-4-5-7-18(17)27-14)29(24,25)15-8-9-16-19(11-15)28-20(23)21(16)2/h4-9,11,14H,3,10,12-13H2,1-2H3. The van der Waals surface area contributed by atoms with E-state index in [2.05, 4.69) is 0 Å². The fourth-order valence-corrected chi connectivity index (χ4v) is 4.94. The van der Waals surface area contributed by atoms with Gasteiger partial charge in [-0.05, 0) is 30.7 Å². The van der Waals surface area contributed by atoms with Crippen molar-refractivity contribution < 1.29 is 22.3 Å². The van der Waals surface area contributed by atoms with Crippen molar-refractivity contribution in [3.8, 4) is 11.5 Å². The Balaban J connectivity index is 1.61. The van der Waals surface area contributed by atoms with Crippen molar-refractivity contribution in [2.45, 2.75) is 24.3 Å². The van der Waals surface area contributed by atoms with E-state index >= 15 is 0 Å². The molecule has 9 heteroatoms. The molecule has 0 N–H and O–H groups in total. The lowest BCUT2D eigenvalue weighted by Crippen LogP contribution is -2.44. The zero-order valence-corrected chi connectivity index (χ0v) is 17.0. The van der Waals surface area contributed by atoms with Gasteiger partial charge in [0.1, 0.15) is 12.7 Å². The third-order valence-corrected chi connectivity index (χ3v) is 6.71. The lowest BCUT2D eigenvalue weighted by molar-refractivity contribution is 0.0764. The quantitative estimate of drug-likeness (QED) is 0.610. The molecular weight excluding hydrogens is 396 g/mol. The lowest BCUT2D eigenvalue weighted by atomic mass is 10.2. The van der Waals surface area contributed by atoms with Crippen molar-refractivity contribution in [3.05, 3.63) is 53.0 Å². The number of aryl methyl sites for hydroxylation is 1. The minimum Gasteiger partial charge on any atom is -0.486 e. The summed E-state index contributed by atoms with van der Waals surface area (Å²) in [4.78, 5) is 11.8. The smallest absolute Gasteiger partial charge is 0.419 e. The highest BCUT2D eigenvalue weighted by Gasteiger charge is 2.30. The summed E-state index contributed by atoms with van der Waals surface area (Å²) in [5.41, 5.74) is 0.776. The lowest BCUT2D eigenvalue weighted by Gasteiger charge is -2.30. The second kappa shape index (κ2) is 7.57. The highest BCUT2D eigenvalue weighted by molar-refractivity contribution is 7.89.